The summed E-state index contributed by atoms with van der Waals surface area (Å²) in [6, 6.07) is 1.06. The lowest BCUT2D eigenvalue weighted by Gasteiger charge is -2.23. The summed E-state index contributed by atoms with van der Waals surface area (Å²) in [6.45, 7) is 7.97. The summed E-state index contributed by atoms with van der Waals surface area (Å²) in [5.41, 5.74) is 1.24. The molecular weight excluding hydrogens is 302 g/mol. The molecule has 0 aliphatic rings. The summed E-state index contributed by atoms with van der Waals surface area (Å²) in [7, 11) is 0. The summed E-state index contributed by atoms with van der Waals surface area (Å²) >= 11 is 6.00. The van der Waals surface area contributed by atoms with Crippen LogP contribution in [0, 0.1) is 5.92 Å². The number of carboxylic acid groups (broad SMARTS) is 1. The zero-order chi connectivity index (χ0) is 16.4. The largest absolute Gasteiger partial charge is 0.480 e. The van der Waals surface area contributed by atoms with Crippen LogP contribution in [0.2, 0.25) is 5.02 Å². The molecule has 1 atom stereocenters. The molecule has 1 unspecified atom stereocenters. The fourth-order valence-electron chi connectivity index (χ4n) is 2.88. The Labute approximate surface area is 135 Å². The molecule has 0 amide bonds. The first-order chi connectivity index (χ1) is 10.4. The Morgan fingerprint density at radius 1 is 1.36 bits per heavy atom. The third-order valence-corrected chi connectivity index (χ3v) is 4.24. The standard InChI is InChI=1S/C16H22ClN3O2/c1-5-10(6-2)14-19-12-7-11(17)8-18-15(12)20(14)13(9(3)4)16(21)22/h7-10,13H,5-6H2,1-4H3,(H,21,22). The van der Waals surface area contributed by atoms with Crippen molar-refractivity contribution < 1.29 is 9.90 Å². The third-order valence-electron chi connectivity index (χ3n) is 4.04. The number of pyridine rings is 1. The number of fused-ring (bicyclic) bond motifs is 1. The molecular formula is C16H22ClN3O2. The number of aliphatic carboxylic acids is 1. The van der Waals surface area contributed by atoms with Gasteiger partial charge in [-0.15, -0.1) is 0 Å². The lowest BCUT2D eigenvalue weighted by Crippen LogP contribution is -2.27. The maximum atomic E-state index is 11.8. The minimum atomic E-state index is -0.863. The molecule has 6 heteroatoms. The van der Waals surface area contributed by atoms with Crippen molar-refractivity contribution in [3.63, 3.8) is 0 Å². The number of hydrogen-bond acceptors (Lipinski definition) is 3. The van der Waals surface area contributed by atoms with Crippen molar-refractivity contribution in [2.75, 3.05) is 0 Å². The van der Waals surface area contributed by atoms with Gasteiger partial charge in [0.15, 0.2) is 5.65 Å². The van der Waals surface area contributed by atoms with E-state index in [1.54, 1.807) is 10.6 Å². The Kier molecular flexibility index (Phi) is 5.06. The molecule has 120 valence electrons. The van der Waals surface area contributed by atoms with E-state index in [0.29, 0.717) is 16.2 Å². The van der Waals surface area contributed by atoms with Crippen LogP contribution in [0.25, 0.3) is 11.2 Å². The molecule has 0 spiro atoms. The van der Waals surface area contributed by atoms with E-state index in [4.69, 9.17) is 11.6 Å². The number of carbonyl (C=O) groups is 1. The van der Waals surface area contributed by atoms with Gasteiger partial charge in [-0.1, -0.05) is 39.3 Å². The van der Waals surface area contributed by atoms with Crippen LogP contribution in [0.5, 0.6) is 0 Å². The first-order valence-corrected chi connectivity index (χ1v) is 8.04. The maximum Gasteiger partial charge on any atom is 0.327 e. The van der Waals surface area contributed by atoms with Gasteiger partial charge in [-0.25, -0.2) is 14.8 Å². The van der Waals surface area contributed by atoms with Crippen LogP contribution in [0.15, 0.2) is 12.3 Å². The first kappa shape index (κ1) is 16.7. The van der Waals surface area contributed by atoms with Crippen LogP contribution in [0.4, 0.5) is 0 Å². The van der Waals surface area contributed by atoms with Gasteiger partial charge in [0.2, 0.25) is 0 Å². The summed E-state index contributed by atoms with van der Waals surface area (Å²) in [4.78, 5) is 20.8. The average molecular weight is 324 g/mol. The molecule has 0 aromatic carbocycles. The number of nitrogens with zero attached hydrogens (tertiary/aromatic N) is 3. The van der Waals surface area contributed by atoms with E-state index in [9.17, 15) is 9.90 Å². The van der Waals surface area contributed by atoms with E-state index < -0.39 is 12.0 Å². The van der Waals surface area contributed by atoms with Gasteiger partial charge < -0.3 is 5.11 Å². The van der Waals surface area contributed by atoms with Crippen molar-refractivity contribution in [3.05, 3.63) is 23.1 Å². The lowest BCUT2D eigenvalue weighted by molar-refractivity contribution is -0.142. The molecule has 0 bridgehead atoms. The van der Waals surface area contributed by atoms with Crippen molar-refractivity contribution in [1.82, 2.24) is 14.5 Å². The van der Waals surface area contributed by atoms with Gasteiger partial charge in [0.25, 0.3) is 0 Å². The first-order valence-electron chi connectivity index (χ1n) is 7.66. The highest BCUT2D eigenvalue weighted by Gasteiger charge is 2.30. The zero-order valence-corrected chi connectivity index (χ0v) is 14.1. The van der Waals surface area contributed by atoms with Gasteiger partial charge in [-0.2, -0.15) is 0 Å². The van der Waals surface area contributed by atoms with E-state index in [2.05, 4.69) is 23.8 Å². The highest BCUT2D eigenvalue weighted by molar-refractivity contribution is 6.31. The predicted molar refractivity (Wildman–Crippen MR) is 87.4 cm³/mol. The minimum Gasteiger partial charge on any atom is -0.480 e. The van der Waals surface area contributed by atoms with E-state index in [-0.39, 0.29) is 11.8 Å². The fourth-order valence-corrected chi connectivity index (χ4v) is 3.04. The SMILES string of the molecule is CCC(CC)c1nc2cc(Cl)cnc2n1C(C(=O)O)C(C)C. The summed E-state index contributed by atoms with van der Waals surface area (Å²) in [6.07, 6.45) is 3.34. The number of imidazole rings is 1. The average Bonchev–Trinajstić information content (AvgIpc) is 2.78. The highest BCUT2D eigenvalue weighted by Crippen LogP contribution is 2.32. The number of hydrogen-bond donors (Lipinski definition) is 1. The molecule has 1 N–H and O–H groups in total. The van der Waals surface area contributed by atoms with Crippen molar-refractivity contribution in [3.8, 4) is 0 Å². The highest BCUT2D eigenvalue weighted by atomic mass is 35.5. The van der Waals surface area contributed by atoms with Crippen molar-refractivity contribution >= 4 is 28.7 Å². The minimum absolute atomic E-state index is 0.0690. The normalized spacial score (nSPS) is 13.2. The second-order valence-corrected chi connectivity index (χ2v) is 6.31. The fraction of sp³-hybridized carbons (Fsp3) is 0.562. The number of aromatic nitrogens is 3. The van der Waals surface area contributed by atoms with Crippen molar-refractivity contribution in [2.24, 2.45) is 5.92 Å². The lowest BCUT2D eigenvalue weighted by atomic mass is 9.99. The van der Waals surface area contributed by atoms with E-state index >= 15 is 0 Å². The summed E-state index contributed by atoms with van der Waals surface area (Å²) < 4.78 is 1.79. The quantitative estimate of drug-likeness (QED) is 0.862. The zero-order valence-electron chi connectivity index (χ0n) is 13.4. The van der Waals surface area contributed by atoms with E-state index in [1.165, 1.54) is 6.20 Å². The van der Waals surface area contributed by atoms with Crippen LogP contribution in [0.3, 0.4) is 0 Å². The number of rotatable bonds is 6. The van der Waals surface area contributed by atoms with Gasteiger partial charge in [0.1, 0.15) is 17.4 Å². The Hall–Kier alpha value is -1.62. The Balaban J connectivity index is 2.76. The topological polar surface area (TPSA) is 68.0 Å². The number of carboxylic acids is 1. The third kappa shape index (κ3) is 2.95. The smallest absolute Gasteiger partial charge is 0.327 e. The molecule has 2 aromatic rings. The van der Waals surface area contributed by atoms with Gasteiger partial charge in [-0.3, -0.25) is 4.57 Å². The Bertz CT molecular complexity index is 677. The second-order valence-electron chi connectivity index (χ2n) is 5.88. The van der Waals surface area contributed by atoms with E-state index in [0.717, 1.165) is 18.7 Å². The van der Waals surface area contributed by atoms with Crippen LogP contribution < -0.4 is 0 Å². The van der Waals surface area contributed by atoms with E-state index in [1.807, 2.05) is 13.8 Å². The van der Waals surface area contributed by atoms with Gasteiger partial charge >= 0.3 is 5.97 Å². The van der Waals surface area contributed by atoms with Gasteiger partial charge in [0, 0.05) is 12.1 Å². The summed E-state index contributed by atoms with van der Waals surface area (Å²) in [5, 5.41) is 10.2. The number of halogens is 1. The van der Waals surface area contributed by atoms with Crippen LogP contribution in [-0.4, -0.2) is 25.6 Å². The monoisotopic (exact) mass is 323 g/mol. The molecule has 0 aliphatic heterocycles. The molecule has 0 fully saturated rings. The molecule has 2 aromatic heterocycles. The Morgan fingerprint density at radius 2 is 2.00 bits per heavy atom. The molecule has 2 rings (SSSR count). The van der Waals surface area contributed by atoms with Crippen LogP contribution in [-0.2, 0) is 4.79 Å². The molecule has 5 nitrogen and oxygen atoms in total. The molecule has 2 heterocycles. The van der Waals surface area contributed by atoms with Crippen LogP contribution >= 0.6 is 11.6 Å². The molecule has 0 aliphatic carbocycles. The van der Waals surface area contributed by atoms with Crippen LogP contribution in [0.1, 0.15) is 58.3 Å². The maximum absolute atomic E-state index is 11.8. The van der Waals surface area contributed by atoms with Crippen molar-refractivity contribution in [1.29, 1.82) is 0 Å². The molecule has 22 heavy (non-hydrogen) atoms. The Morgan fingerprint density at radius 3 is 2.50 bits per heavy atom. The molecule has 0 radical (unpaired) electrons. The summed E-state index contributed by atoms with van der Waals surface area (Å²) in [5.74, 6) is 0.0585. The second kappa shape index (κ2) is 6.65. The molecule has 0 saturated carbocycles. The van der Waals surface area contributed by atoms with Gasteiger partial charge in [-0.05, 0) is 24.8 Å². The predicted octanol–water partition coefficient (Wildman–Crippen LogP) is 4.27. The van der Waals surface area contributed by atoms with Gasteiger partial charge in [0.05, 0.1) is 5.02 Å². The van der Waals surface area contributed by atoms with Crippen molar-refractivity contribution in [2.45, 2.75) is 52.5 Å². The molecule has 0 saturated heterocycles.